The minimum absolute atomic E-state index is 0.0311. The lowest BCUT2D eigenvalue weighted by Gasteiger charge is -2.26. The van der Waals surface area contributed by atoms with Crippen LogP contribution in [-0.4, -0.2) is 57.2 Å². The molecule has 28 heavy (non-hydrogen) atoms. The maximum Gasteiger partial charge on any atom is 0.342 e. The van der Waals surface area contributed by atoms with Gasteiger partial charge in [0.15, 0.2) is 0 Å². The van der Waals surface area contributed by atoms with Gasteiger partial charge in [0.2, 0.25) is 10.0 Å². The van der Waals surface area contributed by atoms with E-state index in [1.54, 1.807) is 12.1 Å². The molecule has 0 spiro atoms. The lowest BCUT2D eigenvalue weighted by molar-refractivity contribution is 0.0468. The molecule has 150 valence electrons. The van der Waals surface area contributed by atoms with Gasteiger partial charge in [-0.3, -0.25) is 0 Å². The maximum atomic E-state index is 12.7. The first-order valence-electron chi connectivity index (χ1n) is 8.63. The van der Waals surface area contributed by atoms with E-state index in [0.29, 0.717) is 37.6 Å². The molecule has 0 unspecified atom stereocenters. The van der Waals surface area contributed by atoms with E-state index in [4.69, 9.17) is 14.2 Å². The molecule has 1 heterocycles. The maximum absolute atomic E-state index is 12.7. The van der Waals surface area contributed by atoms with Gasteiger partial charge in [-0.2, -0.15) is 4.31 Å². The topological polar surface area (TPSA) is 102 Å². The van der Waals surface area contributed by atoms with E-state index >= 15 is 0 Å². The average molecular weight is 407 g/mol. The minimum atomic E-state index is -3.63. The Hall–Kier alpha value is -2.62. The monoisotopic (exact) mass is 407 g/mol. The van der Waals surface area contributed by atoms with Crippen molar-refractivity contribution in [2.24, 2.45) is 0 Å². The van der Waals surface area contributed by atoms with Crippen LogP contribution in [0.3, 0.4) is 0 Å². The largest absolute Gasteiger partial charge is 0.507 e. The molecule has 0 aromatic heterocycles. The minimum Gasteiger partial charge on any atom is -0.507 e. The van der Waals surface area contributed by atoms with Crippen molar-refractivity contribution < 1.29 is 32.5 Å². The zero-order valence-corrected chi connectivity index (χ0v) is 16.1. The summed E-state index contributed by atoms with van der Waals surface area (Å²) in [6.45, 7) is 1.19. The van der Waals surface area contributed by atoms with Crippen LogP contribution in [0.15, 0.2) is 47.4 Å². The third kappa shape index (κ3) is 4.44. The molecule has 1 aliphatic rings. The summed E-state index contributed by atoms with van der Waals surface area (Å²) in [6.07, 6.45) is 0. The molecule has 2 aromatic rings. The molecular formula is C19H21NO7S. The molecule has 0 amide bonds. The quantitative estimate of drug-likeness (QED) is 0.728. The number of benzene rings is 2. The van der Waals surface area contributed by atoms with E-state index in [0.717, 1.165) is 0 Å². The highest BCUT2D eigenvalue weighted by Gasteiger charge is 2.26. The van der Waals surface area contributed by atoms with Crippen LogP contribution in [0.4, 0.5) is 0 Å². The van der Waals surface area contributed by atoms with Crippen molar-refractivity contribution in [2.45, 2.75) is 11.5 Å². The lowest BCUT2D eigenvalue weighted by Crippen LogP contribution is -2.40. The fourth-order valence-corrected chi connectivity index (χ4v) is 4.24. The highest BCUT2D eigenvalue weighted by Crippen LogP contribution is 2.24. The van der Waals surface area contributed by atoms with Gasteiger partial charge in [0.05, 0.1) is 25.2 Å². The van der Waals surface area contributed by atoms with Crippen LogP contribution in [0.5, 0.6) is 11.5 Å². The Labute approximate surface area is 163 Å². The predicted molar refractivity (Wildman–Crippen MR) is 99.8 cm³/mol. The summed E-state index contributed by atoms with van der Waals surface area (Å²) in [5, 5.41) is 9.84. The molecule has 1 aliphatic heterocycles. The van der Waals surface area contributed by atoms with Gasteiger partial charge in [0.25, 0.3) is 0 Å². The summed E-state index contributed by atoms with van der Waals surface area (Å²) in [7, 11) is -2.19. The van der Waals surface area contributed by atoms with E-state index < -0.39 is 16.0 Å². The average Bonchev–Trinajstić information content (AvgIpc) is 2.73. The van der Waals surface area contributed by atoms with Crippen LogP contribution in [0, 0.1) is 0 Å². The number of phenols is 1. The van der Waals surface area contributed by atoms with Crippen LogP contribution in [0.2, 0.25) is 0 Å². The number of methoxy groups -OCH3 is 1. The molecule has 9 heteroatoms. The second-order valence-corrected chi connectivity index (χ2v) is 8.06. The highest BCUT2D eigenvalue weighted by molar-refractivity contribution is 7.89. The number of hydrogen-bond acceptors (Lipinski definition) is 7. The first-order valence-corrected chi connectivity index (χ1v) is 10.1. The fourth-order valence-electron chi connectivity index (χ4n) is 2.76. The molecule has 3 rings (SSSR count). The second-order valence-electron chi connectivity index (χ2n) is 6.12. The van der Waals surface area contributed by atoms with Gasteiger partial charge in [-0.1, -0.05) is 12.1 Å². The van der Waals surface area contributed by atoms with Crippen LogP contribution in [-0.2, 0) is 26.1 Å². The lowest BCUT2D eigenvalue weighted by atomic mass is 10.2. The molecule has 8 nitrogen and oxygen atoms in total. The van der Waals surface area contributed by atoms with Gasteiger partial charge in [-0.25, -0.2) is 13.2 Å². The first-order chi connectivity index (χ1) is 13.4. The Morgan fingerprint density at radius 1 is 1.18 bits per heavy atom. The number of rotatable bonds is 6. The van der Waals surface area contributed by atoms with Crippen LogP contribution in [0.25, 0.3) is 0 Å². The van der Waals surface area contributed by atoms with Crippen LogP contribution in [0.1, 0.15) is 15.9 Å². The third-order valence-corrected chi connectivity index (χ3v) is 6.19. The van der Waals surface area contributed by atoms with Gasteiger partial charge in [-0.15, -0.1) is 0 Å². The molecule has 1 fully saturated rings. The van der Waals surface area contributed by atoms with Gasteiger partial charge in [0, 0.05) is 13.1 Å². The number of sulfonamides is 1. The molecule has 0 saturated carbocycles. The molecule has 0 radical (unpaired) electrons. The Morgan fingerprint density at radius 2 is 1.93 bits per heavy atom. The SMILES string of the molecule is COc1ccc(O)c(C(=O)OCc2cccc(S(=O)(=O)N3CCOCC3)c2)c1. The number of carbonyl (C=O) groups is 1. The molecule has 1 saturated heterocycles. The summed E-state index contributed by atoms with van der Waals surface area (Å²) >= 11 is 0. The predicted octanol–water partition coefficient (Wildman–Crippen LogP) is 1.78. The first kappa shape index (κ1) is 20.1. The number of carbonyl (C=O) groups excluding carboxylic acids is 1. The third-order valence-electron chi connectivity index (χ3n) is 4.30. The second kappa shape index (κ2) is 8.59. The van der Waals surface area contributed by atoms with Crippen molar-refractivity contribution in [3.8, 4) is 11.5 Å². The van der Waals surface area contributed by atoms with E-state index in [-0.39, 0.29) is 22.8 Å². The number of ether oxygens (including phenoxy) is 3. The van der Waals surface area contributed by atoms with Crippen LogP contribution >= 0.6 is 0 Å². The van der Waals surface area contributed by atoms with E-state index in [1.165, 1.54) is 41.7 Å². The summed E-state index contributed by atoms with van der Waals surface area (Å²) < 4.78 is 42.3. The molecule has 0 aliphatic carbocycles. The zero-order chi connectivity index (χ0) is 20.1. The molecule has 0 bridgehead atoms. The smallest absolute Gasteiger partial charge is 0.342 e. The van der Waals surface area contributed by atoms with Crippen molar-refractivity contribution in [1.82, 2.24) is 4.31 Å². The van der Waals surface area contributed by atoms with Crippen molar-refractivity contribution >= 4 is 16.0 Å². The van der Waals surface area contributed by atoms with E-state index in [1.807, 2.05) is 0 Å². The number of morpholine rings is 1. The summed E-state index contributed by atoms with van der Waals surface area (Å²) in [5.41, 5.74) is 0.488. The van der Waals surface area contributed by atoms with Crippen molar-refractivity contribution in [3.63, 3.8) is 0 Å². The highest BCUT2D eigenvalue weighted by atomic mass is 32.2. The summed E-state index contributed by atoms with van der Waals surface area (Å²) in [4.78, 5) is 12.4. The fraction of sp³-hybridized carbons (Fsp3) is 0.316. The van der Waals surface area contributed by atoms with Crippen molar-refractivity contribution in [2.75, 3.05) is 33.4 Å². The van der Waals surface area contributed by atoms with Crippen LogP contribution < -0.4 is 4.74 Å². The molecular weight excluding hydrogens is 386 g/mol. The van der Waals surface area contributed by atoms with Gasteiger partial charge < -0.3 is 19.3 Å². The number of phenolic OH excluding ortho intramolecular Hbond substituents is 1. The summed E-state index contributed by atoms with van der Waals surface area (Å²) in [5.74, 6) is -0.560. The van der Waals surface area contributed by atoms with E-state index in [2.05, 4.69) is 0 Å². The van der Waals surface area contributed by atoms with E-state index in [9.17, 15) is 18.3 Å². The van der Waals surface area contributed by atoms with Gasteiger partial charge in [-0.05, 0) is 35.9 Å². The molecule has 1 N–H and O–H groups in total. The molecule has 0 atom stereocenters. The number of aromatic hydroxyl groups is 1. The normalized spacial score (nSPS) is 15.2. The standard InChI is InChI=1S/C19H21NO7S/c1-25-15-5-6-18(21)17(12-15)19(22)27-13-14-3-2-4-16(11-14)28(23,24)20-7-9-26-10-8-20/h2-6,11-12,21H,7-10,13H2,1H3. The van der Waals surface area contributed by atoms with Gasteiger partial charge in [0.1, 0.15) is 23.7 Å². The zero-order valence-electron chi connectivity index (χ0n) is 15.3. The number of esters is 1. The Bertz CT molecular complexity index is 953. The van der Waals surface area contributed by atoms with Crippen molar-refractivity contribution in [1.29, 1.82) is 0 Å². The number of hydrogen-bond donors (Lipinski definition) is 1. The Kier molecular flexibility index (Phi) is 6.18. The summed E-state index contributed by atoms with van der Waals surface area (Å²) in [6, 6.07) is 10.5. The van der Waals surface area contributed by atoms with Crippen molar-refractivity contribution in [3.05, 3.63) is 53.6 Å². The van der Waals surface area contributed by atoms with Gasteiger partial charge >= 0.3 is 5.97 Å². The Morgan fingerprint density at radius 3 is 2.64 bits per heavy atom. The Balaban J connectivity index is 1.72. The number of nitrogens with zero attached hydrogens (tertiary/aromatic N) is 1. The molecule has 2 aromatic carbocycles.